The fourth-order valence-corrected chi connectivity index (χ4v) is 2.65. The minimum Gasteiger partial charge on any atom is -0.478 e. The van der Waals surface area contributed by atoms with E-state index in [2.05, 4.69) is 5.32 Å². The molecule has 1 aromatic rings. The van der Waals surface area contributed by atoms with Crippen LogP contribution in [0.3, 0.4) is 0 Å². The van der Waals surface area contributed by atoms with E-state index in [1.807, 2.05) is 6.92 Å². The number of aromatic carboxylic acids is 1. The van der Waals surface area contributed by atoms with Gasteiger partial charge in [-0.3, -0.25) is 0 Å². The Labute approximate surface area is 111 Å². The maximum absolute atomic E-state index is 13.9. The Kier molecular flexibility index (Phi) is 3.64. The maximum atomic E-state index is 13.9. The van der Waals surface area contributed by atoms with Crippen LogP contribution in [0.15, 0.2) is 12.1 Å². The van der Waals surface area contributed by atoms with E-state index in [1.165, 1.54) is 12.5 Å². The zero-order chi connectivity index (χ0) is 14.0. The Morgan fingerprint density at radius 3 is 2.58 bits per heavy atom. The number of hydrogen-bond donors (Lipinski definition) is 3. The molecule has 2 rings (SSSR count). The van der Waals surface area contributed by atoms with E-state index < -0.39 is 11.8 Å². The van der Waals surface area contributed by atoms with E-state index in [4.69, 9.17) is 10.8 Å². The molecule has 0 saturated heterocycles. The van der Waals surface area contributed by atoms with E-state index in [9.17, 15) is 9.18 Å². The highest BCUT2D eigenvalue weighted by Crippen LogP contribution is 2.33. The molecule has 4 N–H and O–H groups in total. The molecule has 1 fully saturated rings. The van der Waals surface area contributed by atoms with Crippen molar-refractivity contribution in [3.05, 3.63) is 23.5 Å². The number of carboxylic acid groups (broad SMARTS) is 1. The van der Waals surface area contributed by atoms with E-state index >= 15 is 0 Å². The second-order valence-corrected chi connectivity index (χ2v) is 5.47. The van der Waals surface area contributed by atoms with Crippen molar-refractivity contribution in [3.8, 4) is 0 Å². The number of carboxylic acids is 1. The van der Waals surface area contributed by atoms with Crippen LogP contribution in [0.25, 0.3) is 0 Å². The highest BCUT2D eigenvalue weighted by atomic mass is 19.1. The smallest absolute Gasteiger partial charge is 0.337 e. The third-order valence-corrected chi connectivity index (χ3v) is 3.76. The van der Waals surface area contributed by atoms with Gasteiger partial charge < -0.3 is 16.2 Å². The van der Waals surface area contributed by atoms with Crippen molar-refractivity contribution in [1.29, 1.82) is 0 Å². The van der Waals surface area contributed by atoms with Crippen molar-refractivity contribution < 1.29 is 14.3 Å². The van der Waals surface area contributed by atoms with Gasteiger partial charge in [-0.1, -0.05) is 19.3 Å². The molecule has 1 aromatic carbocycles. The molecule has 0 unspecified atom stereocenters. The van der Waals surface area contributed by atoms with Crippen LogP contribution in [0, 0.1) is 5.82 Å². The molecule has 19 heavy (non-hydrogen) atoms. The number of anilines is 2. The molecule has 4 nitrogen and oxygen atoms in total. The number of rotatable bonds is 3. The molecule has 0 heterocycles. The Morgan fingerprint density at radius 1 is 1.37 bits per heavy atom. The van der Waals surface area contributed by atoms with Gasteiger partial charge in [-0.25, -0.2) is 9.18 Å². The molecule has 0 radical (unpaired) electrons. The molecule has 5 heteroatoms. The van der Waals surface area contributed by atoms with E-state index in [-0.39, 0.29) is 22.5 Å². The summed E-state index contributed by atoms with van der Waals surface area (Å²) >= 11 is 0. The lowest BCUT2D eigenvalue weighted by Crippen LogP contribution is -2.37. The van der Waals surface area contributed by atoms with Crippen LogP contribution in [-0.2, 0) is 0 Å². The van der Waals surface area contributed by atoms with Crippen molar-refractivity contribution in [2.75, 3.05) is 11.1 Å². The maximum Gasteiger partial charge on any atom is 0.337 e. The average molecular weight is 266 g/mol. The molecule has 0 bridgehead atoms. The zero-order valence-corrected chi connectivity index (χ0v) is 11.0. The van der Waals surface area contributed by atoms with Crippen LogP contribution in [0.4, 0.5) is 15.8 Å². The summed E-state index contributed by atoms with van der Waals surface area (Å²) in [5.41, 5.74) is 5.43. The quantitative estimate of drug-likeness (QED) is 0.734. The van der Waals surface area contributed by atoms with E-state index in [0.29, 0.717) is 0 Å². The molecule has 0 atom stereocenters. The highest BCUT2D eigenvalue weighted by Gasteiger charge is 2.27. The lowest BCUT2D eigenvalue weighted by atomic mass is 9.83. The van der Waals surface area contributed by atoms with Crippen molar-refractivity contribution in [2.24, 2.45) is 0 Å². The van der Waals surface area contributed by atoms with Gasteiger partial charge in [-0.15, -0.1) is 0 Å². The molecule has 0 spiro atoms. The monoisotopic (exact) mass is 266 g/mol. The number of nitrogen functional groups attached to an aromatic ring is 1. The number of hydrogen-bond acceptors (Lipinski definition) is 3. The summed E-state index contributed by atoms with van der Waals surface area (Å²) in [6.45, 7) is 2.04. The first kappa shape index (κ1) is 13.6. The van der Waals surface area contributed by atoms with Crippen molar-refractivity contribution in [1.82, 2.24) is 0 Å². The van der Waals surface area contributed by atoms with Gasteiger partial charge in [-0.2, -0.15) is 0 Å². The highest BCUT2D eigenvalue weighted by molar-refractivity contribution is 5.94. The molecule has 104 valence electrons. The van der Waals surface area contributed by atoms with Crippen LogP contribution < -0.4 is 11.1 Å². The average Bonchev–Trinajstić information content (AvgIpc) is 2.33. The standard InChI is InChI=1S/C14H19FN2O2/c1-14(5-3-2-4-6-14)17-12-7-9(13(18)19)11(16)8-10(12)15/h7-8,17H,2-6,16H2,1H3,(H,18,19). The number of nitrogens with two attached hydrogens (primary N) is 1. The predicted molar refractivity (Wildman–Crippen MR) is 72.9 cm³/mol. The van der Waals surface area contributed by atoms with Crippen molar-refractivity contribution >= 4 is 17.3 Å². The minimum absolute atomic E-state index is 0.0515. The molecular formula is C14H19FN2O2. The normalized spacial score (nSPS) is 18.0. The topological polar surface area (TPSA) is 75.3 Å². The second-order valence-electron chi connectivity index (χ2n) is 5.47. The largest absolute Gasteiger partial charge is 0.478 e. The number of halogens is 1. The van der Waals surface area contributed by atoms with Crippen LogP contribution in [0.1, 0.15) is 49.4 Å². The van der Waals surface area contributed by atoms with Gasteiger partial charge in [0, 0.05) is 11.2 Å². The Bertz CT molecular complexity index is 496. The number of benzene rings is 1. The van der Waals surface area contributed by atoms with Gasteiger partial charge in [0.1, 0.15) is 5.82 Å². The first-order valence-electron chi connectivity index (χ1n) is 6.52. The molecule has 1 aliphatic carbocycles. The molecule has 1 saturated carbocycles. The fourth-order valence-electron chi connectivity index (χ4n) is 2.65. The van der Waals surface area contributed by atoms with Gasteiger partial charge in [0.2, 0.25) is 0 Å². The first-order chi connectivity index (χ1) is 8.91. The molecule has 0 aliphatic heterocycles. The second kappa shape index (κ2) is 5.07. The van der Waals surface area contributed by atoms with E-state index in [1.54, 1.807) is 0 Å². The summed E-state index contributed by atoms with van der Waals surface area (Å²) in [4.78, 5) is 11.0. The third-order valence-electron chi connectivity index (χ3n) is 3.76. The number of nitrogens with one attached hydrogen (secondary N) is 1. The fraction of sp³-hybridized carbons (Fsp3) is 0.500. The SMILES string of the molecule is CC1(Nc2cc(C(=O)O)c(N)cc2F)CCCCC1. The van der Waals surface area contributed by atoms with Crippen molar-refractivity contribution in [2.45, 2.75) is 44.6 Å². The summed E-state index contributed by atoms with van der Waals surface area (Å²) in [6.07, 6.45) is 5.32. The van der Waals surface area contributed by atoms with Gasteiger partial charge in [0.05, 0.1) is 11.3 Å². The molecule has 1 aliphatic rings. The Hall–Kier alpha value is -1.78. The zero-order valence-electron chi connectivity index (χ0n) is 11.0. The third kappa shape index (κ3) is 2.97. The first-order valence-corrected chi connectivity index (χ1v) is 6.52. The van der Waals surface area contributed by atoms with Crippen LogP contribution in [-0.4, -0.2) is 16.6 Å². The van der Waals surface area contributed by atoms with Gasteiger partial charge in [-0.05, 0) is 31.9 Å². The molecule has 0 aromatic heterocycles. The summed E-state index contributed by atoms with van der Waals surface area (Å²) in [7, 11) is 0. The van der Waals surface area contributed by atoms with Crippen LogP contribution in [0.5, 0.6) is 0 Å². The summed E-state index contributed by atoms with van der Waals surface area (Å²) in [5, 5.41) is 12.2. The lowest BCUT2D eigenvalue weighted by Gasteiger charge is -2.35. The van der Waals surface area contributed by atoms with Crippen molar-refractivity contribution in [3.63, 3.8) is 0 Å². The van der Waals surface area contributed by atoms with Gasteiger partial charge >= 0.3 is 5.97 Å². The summed E-state index contributed by atoms with van der Waals surface area (Å²) < 4.78 is 13.9. The summed E-state index contributed by atoms with van der Waals surface area (Å²) in [6, 6.07) is 2.35. The Morgan fingerprint density at radius 2 is 2.00 bits per heavy atom. The summed E-state index contributed by atoms with van der Waals surface area (Å²) in [5.74, 6) is -1.65. The Balaban J connectivity index is 2.29. The number of carbonyl (C=O) groups is 1. The predicted octanol–water partition coefficient (Wildman–Crippen LogP) is 3.24. The van der Waals surface area contributed by atoms with Crippen LogP contribution >= 0.6 is 0 Å². The van der Waals surface area contributed by atoms with Gasteiger partial charge in [0.25, 0.3) is 0 Å². The lowest BCUT2D eigenvalue weighted by molar-refractivity contribution is 0.0698. The molecule has 0 amide bonds. The van der Waals surface area contributed by atoms with Crippen LogP contribution in [0.2, 0.25) is 0 Å². The van der Waals surface area contributed by atoms with Gasteiger partial charge in [0.15, 0.2) is 0 Å². The molecular weight excluding hydrogens is 247 g/mol. The van der Waals surface area contributed by atoms with E-state index in [0.717, 1.165) is 31.7 Å². The minimum atomic E-state index is -1.14.